The van der Waals surface area contributed by atoms with Crippen molar-refractivity contribution in [2.75, 3.05) is 0 Å². The Kier molecular flexibility index (Phi) is 2.40. The van der Waals surface area contributed by atoms with Gasteiger partial charge < -0.3 is 5.73 Å². The molecule has 6 heteroatoms. The van der Waals surface area contributed by atoms with Gasteiger partial charge in [0.1, 0.15) is 5.01 Å². The van der Waals surface area contributed by atoms with E-state index in [1.165, 1.54) is 17.4 Å². The maximum absolute atomic E-state index is 12.4. The van der Waals surface area contributed by atoms with Crippen molar-refractivity contribution >= 4 is 21.6 Å². The molecule has 0 aliphatic heterocycles. The molecule has 0 bridgehead atoms. The van der Waals surface area contributed by atoms with Crippen LogP contribution in [-0.4, -0.2) is 4.98 Å². The maximum Gasteiger partial charge on any atom is 0.416 e. The molecule has 0 amide bonds. The van der Waals surface area contributed by atoms with Gasteiger partial charge in [0.15, 0.2) is 0 Å². The molecular formula is C9H7F3N2S. The minimum absolute atomic E-state index is 0.251. The lowest BCUT2D eigenvalue weighted by Gasteiger charge is -2.04. The van der Waals surface area contributed by atoms with Crippen LogP contribution >= 0.6 is 11.3 Å². The highest BCUT2D eigenvalue weighted by atomic mass is 32.1. The average molecular weight is 232 g/mol. The molecule has 1 heterocycles. The third-order valence-corrected chi connectivity index (χ3v) is 2.99. The van der Waals surface area contributed by atoms with Crippen LogP contribution in [0.25, 0.3) is 10.2 Å². The van der Waals surface area contributed by atoms with Crippen molar-refractivity contribution < 1.29 is 13.2 Å². The first-order valence-corrected chi connectivity index (χ1v) is 4.99. The molecular weight excluding hydrogens is 225 g/mol. The van der Waals surface area contributed by atoms with Crippen molar-refractivity contribution in [3.63, 3.8) is 0 Å². The number of rotatable bonds is 1. The SMILES string of the molecule is NCc1nc2cc(C(F)(F)F)ccc2s1. The van der Waals surface area contributed by atoms with E-state index < -0.39 is 11.7 Å². The number of aromatic nitrogens is 1. The number of alkyl halides is 3. The second-order valence-corrected chi connectivity index (χ2v) is 4.11. The third kappa shape index (κ3) is 1.95. The van der Waals surface area contributed by atoms with Crippen LogP contribution in [0.1, 0.15) is 10.6 Å². The maximum atomic E-state index is 12.4. The lowest BCUT2D eigenvalue weighted by atomic mass is 10.2. The predicted molar refractivity (Wildman–Crippen MR) is 52.5 cm³/mol. The van der Waals surface area contributed by atoms with Crippen molar-refractivity contribution in [2.24, 2.45) is 5.73 Å². The number of hydrogen-bond donors (Lipinski definition) is 1. The molecule has 0 saturated heterocycles. The van der Waals surface area contributed by atoms with Crippen molar-refractivity contribution in [1.29, 1.82) is 0 Å². The number of benzene rings is 1. The summed E-state index contributed by atoms with van der Waals surface area (Å²) in [6.45, 7) is 0.251. The van der Waals surface area contributed by atoms with E-state index in [2.05, 4.69) is 4.98 Å². The molecule has 2 nitrogen and oxygen atoms in total. The Hall–Kier alpha value is -1.14. The van der Waals surface area contributed by atoms with E-state index in [0.29, 0.717) is 10.5 Å². The van der Waals surface area contributed by atoms with E-state index in [1.807, 2.05) is 0 Å². The molecule has 15 heavy (non-hydrogen) atoms. The zero-order valence-electron chi connectivity index (χ0n) is 7.51. The van der Waals surface area contributed by atoms with Crippen LogP contribution in [0.5, 0.6) is 0 Å². The number of nitrogens with zero attached hydrogens (tertiary/aromatic N) is 1. The summed E-state index contributed by atoms with van der Waals surface area (Å²) in [5, 5.41) is 0.643. The topological polar surface area (TPSA) is 38.9 Å². The quantitative estimate of drug-likeness (QED) is 0.821. The first kappa shape index (κ1) is 10.4. The lowest BCUT2D eigenvalue weighted by molar-refractivity contribution is -0.137. The first-order valence-electron chi connectivity index (χ1n) is 4.17. The minimum atomic E-state index is -4.32. The lowest BCUT2D eigenvalue weighted by Crippen LogP contribution is -2.04. The summed E-state index contributed by atoms with van der Waals surface area (Å²) < 4.78 is 37.8. The average Bonchev–Trinajstić information content (AvgIpc) is 2.57. The molecule has 0 saturated carbocycles. The fourth-order valence-corrected chi connectivity index (χ4v) is 2.07. The zero-order valence-corrected chi connectivity index (χ0v) is 8.32. The second kappa shape index (κ2) is 3.46. The fourth-order valence-electron chi connectivity index (χ4n) is 1.24. The predicted octanol–water partition coefficient (Wildman–Crippen LogP) is 2.77. The highest BCUT2D eigenvalue weighted by Crippen LogP contribution is 2.32. The van der Waals surface area contributed by atoms with E-state index in [9.17, 15) is 13.2 Å². The molecule has 2 aromatic rings. The van der Waals surface area contributed by atoms with E-state index >= 15 is 0 Å². The Morgan fingerprint density at radius 1 is 1.33 bits per heavy atom. The normalized spacial score (nSPS) is 12.3. The largest absolute Gasteiger partial charge is 0.416 e. The number of nitrogens with two attached hydrogens (primary N) is 1. The number of thiazole rings is 1. The molecule has 0 aliphatic carbocycles. The summed E-state index contributed by atoms with van der Waals surface area (Å²) in [4.78, 5) is 4.00. The van der Waals surface area contributed by atoms with Gasteiger partial charge in [-0.2, -0.15) is 13.2 Å². The summed E-state index contributed by atoms with van der Waals surface area (Å²) in [6, 6.07) is 3.53. The molecule has 0 unspecified atom stereocenters. The number of halogens is 3. The summed E-state index contributed by atoms with van der Waals surface area (Å²) in [5.41, 5.74) is 5.04. The Labute approximate surface area is 87.5 Å². The van der Waals surface area contributed by atoms with E-state index in [-0.39, 0.29) is 6.54 Å². The van der Waals surface area contributed by atoms with Gasteiger partial charge in [-0.3, -0.25) is 0 Å². The molecule has 1 aromatic carbocycles. The van der Waals surface area contributed by atoms with Crippen molar-refractivity contribution in [2.45, 2.75) is 12.7 Å². The molecule has 2 N–H and O–H groups in total. The smallest absolute Gasteiger partial charge is 0.325 e. The second-order valence-electron chi connectivity index (χ2n) is 2.99. The Balaban J connectivity index is 2.55. The van der Waals surface area contributed by atoms with Gasteiger partial charge in [-0.1, -0.05) is 0 Å². The van der Waals surface area contributed by atoms with E-state index in [4.69, 9.17) is 5.73 Å². The summed E-state index contributed by atoms with van der Waals surface area (Å²) in [5.74, 6) is 0. The van der Waals surface area contributed by atoms with Crippen LogP contribution in [0, 0.1) is 0 Å². The number of fused-ring (bicyclic) bond motifs is 1. The van der Waals surface area contributed by atoms with Gasteiger partial charge in [0.05, 0.1) is 15.8 Å². The minimum Gasteiger partial charge on any atom is -0.325 e. The molecule has 0 spiro atoms. The summed E-state index contributed by atoms with van der Waals surface area (Å²) in [7, 11) is 0. The van der Waals surface area contributed by atoms with Gasteiger partial charge in [0.2, 0.25) is 0 Å². The fraction of sp³-hybridized carbons (Fsp3) is 0.222. The van der Waals surface area contributed by atoms with E-state index in [1.54, 1.807) is 0 Å². The van der Waals surface area contributed by atoms with Crippen LogP contribution in [0.15, 0.2) is 18.2 Å². The van der Waals surface area contributed by atoms with E-state index in [0.717, 1.165) is 16.8 Å². The standard InChI is InChI=1S/C9H7F3N2S/c10-9(11,12)5-1-2-7-6(3-5)14-8(4-13)15-7/h1-3H,4,13H2. The van der Waals surface area contributed by atoms with Crippen LogP contribution in [-0.2, 0) is 12.7 Å². The van der Waals surface area contributed by atoms with Crippen LogP contribution in [0.2, 0.25) is 0 Å². The van der Waals surface area contributed by atoms with Crippen molar-refractivity contribution in [3.05, 3.63) is 28.8 Å². The van der Waals surface area contributed by atoms with Gasteiger partial charge in [-0.15, -0.1) is 11.3 Å². The van der Waals surface area contributed by atoms with Gasteiger partial charge >= 0.3 is 6.18 Å². The monoisotopic (exact) mass is 232 g/mol. The van der Waals surface area contributed by atoms with Crippen molar-refractivity contribution in [3.8, 4) is 0 Å². The highest BCUT2D eigenvalue weighted by Gasteiger charge is 2.30. The molecule has 80 valence electrons. The van der Waals surface area contributed by atoms with Gasteiger partial charge in [0.25, 0.3) is 0 Å². The number of hydrogen-bond acceptors (Lipinski definition) is 3. The Morgan fingerprint density at radius 3 is 2.67 bits per heavy atom. The molecule has 1 aromatic heterocycles. The van der Waals surface area contributed by atoms with Gasteiger partial charge in [-0.05, 0) is 18.2 Å². The molecule has 0 aliphatic rings. The molecule has 0 atom stereocenters. The third-order valence-electron chi connectivity index (χ3n) is 1.93. The van der Waals surface area contributed by atoms with Crippen LogP contribution < -0.4 is 5.73 Å². The van der Waals surface area contributed by atoms with Gasteiger partial charge in [0, 0.05) is 6.54 Å². The molecule has 2 rings (SSSR count). The zero-order chi connectivity index (χ0) is 11.1. The van der Waals surface area contributed by atoms with Crippen LogP contribution in [0.4, 0.5) is 13.2 Å². The Morgan fingerprint density at radius 2 is 2.07 bits per heavy atom. The Bertz CT molecular complexity index is 490. The molecule has 0 radical (unpaired) electrons. The summed E-state index contributed by atoms with van der Waals surface area (Å²) >= 11 is 1.31. The highest BCUT2D eigenvalue weighted by molar-refractivity contribution is 7.18. The van der Waals surface area contributed by atoms with Crippen molar-refractivity contribution in [1.82, 2.24) is 4.98 Å². The summed E-state index contributed by atoms with van der Waals surface area (Å²) in [6.07, 6.45) is -4.32. The van der Waals surface area contributed by atoms with Gasteiger partial charge in [-0.25, -0.2) is 4.98 Å². The first-order chi connectivity index (χ1) is 7.00. The van der Waals surface area contributed by atoms with Crippen LogP contribution in [0.3, 0.4) is 0 Å². The molecule has 0 fully saturated rings.